The molecule has 1 aliphatic carbocycles. The molecule has 0 amide bonds. The van der Waals surface area contributed by atoms with Crippen molar-refractivity contribution in [2.45, 2.75) is 70.6 Å². The molecule has 0 aromatic rings. The first-order chi connectivity index (χ1) is 8.19. The van der Waals surface area contributed by atoms with Crippen LogP contribution in [-0.2, 0) is 0 Å². The number of hydrogen-bond acceptors (Lipinski definition) is 2. The van der Waals surface area contributed by atoms with Crippen molar-refractivity contribution in [2.24, 2.45) is 11.8 Å². The zero-order valence-electron chi connectivity index (χ0n) is 12.2. The summed E-state index contributed by atoms with van der Waals surface area (Å²) in [6, 6.07) is 0.761. The largest absolute Gasteiger partial charge is 0.316 e. The second-order valence-corrected chi connectivity index (χ2v) is 7.18. The Kier molecular flexibility index (Phi) is 7.61. The van der Waals surface area contributed by atoms with E-state index in [4.69, 9.17) is 0 Å². The van der Waals surface area contributed by atoms with Crippen molar-refractivity contribution in [1.29, 1.82) is 0 Å². The minimum Gasteiger partial charge on any atom is -0.316 e. The van der Waals surface area contributed by atoms with Crippen LogP contribution < -0.4 is 5.32 Å². The third-order valence-corrected chi connectivity index (χ3v) is 5.70. The third kappa shape index (κ3) is 5.21. The van der Waals surface area contributed by atoms with E-state index >= 15 is 0 Å². The molecule has 1 rings (SSSR count). The van der Waals surface area contributed by atoms with E-state index in [9.17, 15) is 0 Å². The molecule has 0 aromatic heterocycles. The number of hydrogen-bond donors (Lipinski definition) is 1. The van der Waals surface area contributed by atoms with Crippen molar-refractivity contribution >= 4 is 11.8 Å². The minimum absolute atomic E-state index is 0.761. The Morgan fingerprint density at radius 2 is 2.00 bits per heavy atom. The van der Waals surface area contributed by atoms with E-state index in [0.717, 1.165) is 23.1 Å². The highest BCUT2D eigenvalue weighted by Crippen LogP contribution is 2.36. The van der Waals surface area contributed by atoms with Gasteiger partial charge < -0.3 is 5.32 Å². The SMILES string of the molecule is CCCCCSC1CC(C(C)C)CCC1NC. The Bertz CT molecular complexity index is 193. The lowest BCUT2D eigenvalue weighted by Gasteiger charge is -2.37. The lowest BCUT2D eigenvalue weighted by atomic mass is 9.79. The molecule has 17 heavy (non-hydrogen) atoms. The topological polar surface area (TPSA) is 12.0 Å². The van der Waals surface area contributed by atoms with Crippen molar-refractivity contribution in [3.63, 3.8) is 0 Å². The number of rotatable bonds is 7. The molecule has 1 saturated carbocycles. The van der Waals surface area contributed by atoms with Gasteiger partial charge in [0.05, 0.1) is 0 Å². The fourth-order valence-electron chi connectivity index (χ4n) is 2.87. The summed E-state index contributed by atoms with van der Waals surface area (Å²) in [5.74, 6) is 3.19. The predicted molar refractivity (Wildman–Crippen MR) is 80.8 cm³/mol. The summed E-state index contributed by atoms with van der Waals surface area (Å²) >= 11 is 2.23. The Balaban J connectivity index is 2.34. The van der Waals surface area contributed by atoms with Crippen molar-refractivity contribution in [3.05, 3.63) is 0 Å². The molecule has 3 unspecified atom stereocenters. The van der Waals surface area contributed by atoms with Crippen LogP contribution in [0.15, 0.2) is 0 Å². The van der Waals surface area contributed by atoms with Crippen LogP contribution in [0.3, 0.4) is 0 Å². The van der Waals surface area contributed by atoms with Gasteiger partial charge in [-0.05, 0) is 50.3 Å². The number of unbranched alkanes of at least 4 members (excludes halogenated alkanes) is 2. The fourth-order valence-corrected chi connectivity index (χ4v) is 4.43. The second-order valence-electron chi connectivity index (χ2n) is 5.83. The van der Waals surface area contributed by atoms with E-state index in [1.807, 2.05) is 0 Å². The summed E-state index contributed by atoms with van der Waals surface area (Å²) in [6.07, 6.45) is 8.38. The minimum atomic E-state index is 0.761. The van der Waals surface area contributed by atoms with Crippen molar-refractivity contribution in [2.75, 3.05) is 12.8 Å². The lowest BCUT2D eigenvalue weighted by molar-refractivity contribution is 0.251. The van der Waals surface area contributed by atoms with Crippen LogP contribution in [0.25, 0.3) is 0 Å². The summed E-state index contributed by atoms with van der Waals surface area (Å²) in [7, 11) is 2.14. The van der Waals surface area contributed by atoms with Gasteiger partial charge in [-0.2, -0.15) is 11.8 Å². The molecular weight excluding hydrogens is 226 g/mol. The highest BCUT2D eigenvalue weighted by atomic mass is 32.2. The molecule has 102 valence electrons. The third-order valence-electron chi connectivity index (χ3n) is 4.23. The van der Waals surface area contributed by atoms with Crippen molar-refractivity contribution in [1.82, 2.24) is 5.32 Å². The molecule has 3 atom stereocenters. The molecular formula is C15H31NS. The highest BCUT2D eigenvalue weighted by molar-refractivity contribution is 7.99. The van der Waals surface area contributed by atoms with Gasteiger partial charge in [-0.3, -0.25) is 0 Å². The summed E-state index contributed by atoms with van der Waals surface area (Å²) in [5, 5.41) is 4.39. The summed E-state index contributed by atoms with van der Waals surface area (Å²) in [5.41, 5.74) is 0. The van der Waals surface area contributed by atoms with Crippen LogP contribution in [0.2, 0.25) is 0 Å². The van der Waals surface area contributed by atoms with E-state index < -0.39 is 0 Å². The van der Waals surface area contributed by atoms with Crippen LogP contribution in [-0.4, -0.2) is 24.1 Å². The summed E-state index contributed by atoms with van der Waals surface area (Å²) < 4.78 is 0. The smallest absolute Gasteiger partial charge is 0.0203 e. The zero-order valence-corrected chi connectivity index (χ0v) is 13.0. The molecule has 1 aliphatic rings. The second kappa shape index (κ2) is 8.42. The van der Waals surface area contributed by atoms with Crippen LogP contribution in [0.1, 0.15) is 59.3 Å². The summed E-state index contributed by atoms with van der Waals surface area (Å²) in [6.45, 7) is 7.07. The first kappa shape index (κ1) is 15.4. The average molecular weight is 257 g/mol. The lowest BCUT2D eigenvalue weighted by Crippen LogP contribution is -2.41. The zero-order chi connectivity index (χ0) is 12.7. The molecule has 0 bridgehead atoms. The number of thioether (sulfide) groups is 1. The Labute approximate surface area is 113 Å². The van der Waals surface area contributed by atoms with Crippen molar-refractivity contribution in [3.8, 4) is 0 Å². The molecule has 0 heterocycles. The fraction of sp³-hybridized carbons (Fsp3) is 1.00. The van der Waals surface area contributed by atoms with Gasteiger partial charge in [0.1, 0.15) is 0 Å². The van der Waals surface area contributed by atoms with Gasteiger partial charge in [0, 0.05) is 11.3 Å². The first-order valence-electron chi connectivity index (χ1n) is 7.47. The summed E-state index contributed by atoms with van der Waals surface area (Å²) in [4.78, 5) is 0. The van der Waals surface area contributed by atoms with Gasteiger partial charge in [-0.25, -0.2) is 0 Å². The van der Waals surface area contributed by atoms with E-state index in [2.05, 4.69) is 44.9 Å². The highest BCUT2D eigenvalue weighted by Gasteiger charge is 2.30. The van der Waals surface area contributed by atoms with E-state index in [1.54, 1.807) is 0 Å². The van der Waals surface area contributed by atoms with Gasteiger partial charge in [0.2, 0.25) is 0 Å². The Morgan fingerprint density at radius 1 is 1.24 bits per heavy atom. The maximum atomic E-state index is 3.53. The molecule has 1 nitrogen and oxygen atoms in total. The van der Waals surface area contributed by atoms with Gasteiger partial charge in [-0.15, -0.1) is 0 Å². The van der Waals surface area contributed by atoms with E-state index in [-0.39, 0.29) is 0 Å². The Hall–Kier alpha value is 0.310. The maximum absolute atomic E-state index is 3.53. The van der Waals surface area contributed by atoms with Crippen LogP contribution in [0, 0.1) is 11.8 Å². The molecule has 2 heteroatoms. The first-order valence-corrected chi connectivity index (χ1v) is 8.52. The molecule has 0 aromatic carbocycles. The molecule has 0 spiro atoms. The van der Waals surface area contributed by atoms with Gasteiger partial charge in [0.15, 0.2) is 0 Å². The molecule has 1 fully saturated rings. The van der Waals surface area contributed by atoms with Crippen LogP contribution in [0.4, 0.5) is 0 Å². The van der Waals surface area contributed by atoms with E-state index in [0.29, 0.717) is 0 Å². The normalized spacial score (nSPS) is 29.8. The molecule has 0 radical (unpaired) electrons. The quantitative estimate of drug-likeness (QED) is 0.682. The Morgan fingerprint density at radius 3 is 2.59 bits per heavy atom. The van der Waals surface area contributed by atoms with E-state index in [1.165, 1.54) is 44.3 Å². The standard InChI is InChI=1S/C15H31NS/c1-5-6-7-10-17-15-11-13(12(2)3)8-9-14(15)16-4/h12-16H,5-11H2,1-4H3. The number of nitrogens with one attached hydrogen (secondary N) is 1. The van der Waals surface area contributed by atoms with Crippen LogP contribution >= 0.6 is 11.8 Å². The maximum Gasteiger partial charge on any atom is 0.0203 e. The van der Waals surface area contributed by atoms with Gasteiger partial charge in [-0.1, -0.05) is 33.6 Å². The van der Waals surface area contributed by atoms with Crippen molar-refractivity contribution < 1.29 is 0 Å². The van der Waals surface area contributed by atoms with Crippen LogP contribution in [0.5, 0.6) is 0 Å². The molecule has 0 saturated heterocycles. The molecule has 1 N–H and O–H groups in total. The van der Waals surface area contributed by atoms with Gasteiger partial charge >= 0.3 is 0 Å². The predicted octanol–water partition coefficient (Wildman–Crippen LogP) is 4.32. The molecule has 0 aliphatic heterocycles. The average Bonchev–Trinajstić information content (AvgIpc) is 2.34. The van der Waals surface area contributed by atoms with Gasteiger partial charge in [0.25, 0.3) is 0 Å². The monoisotopic (exact) mass is 257 g/mol.